The third-order valence-corrected chi connectivity index (χ3v) is 10.4. The fourth-order valence-corrected chi connectivity index (χ4v) is 6.80. The zero-order valence-electron chi connectivity index (χ0n) is 37.0. The van der Waals surface area contributed by atoms with Crippen molar-refractivity contribution in [3.63, 3.8) is 0 Å². The van der Waals surface area contributed by atoms with Gasteiger partial charge < -0.3 is 45.1 Å². The summed E-state index contributed by atoms with van der Waals surface area (Å²) in [7, 11) is 0. The zero-order chi connectivity index (χ0) is 39.5. The maximum Gasteiger partial charge on any atom is 2.00 e. The number of benzene rings is 4. The van der Waals surface area contributed by atoms with Gasteiger partial charge in [0.15, 0.2) is 0 Å². The van der Waals surface area contributed by atoms with E-state index < -0.39 is 0 Å². The standard InChI is InChI=1S/2C25H31.C3H6.2ClH.Ti/c2*1-8-17-12-18-10-9-11-22(23(18)13-17)19-14-20(24(2,3)4)16-21(15-19)25(5,6)7;1-3-2;;;/h2*9-16H,8H2,1-7H3;1-3H2;2*1H;/q2*-1;-2;;;+2/p-2. The number of rotatable bonds is 4. The van der Waals surface area contributed by atoms with E-state index in [0.717, 1.165) is 19.3 Å². The Morgan fingerprint density at radius 1 is 0.446 bits per heavy atom. The van der Waals surface area contributed by atoms with Gasteiger partial charge in [-0.1, -0.05) is 157 Å². The Morgan fingerprint density at radius 3 is 0.946 bits per heavy atom. The summed E-state index contributed by atoms with van der Waals surface area (Å²) >= 11 is 0. The summed E-state index contributed by atoms with van der Waals surface area (Å²) in [6.45, 7) is 38.8. The third kappa shape index (κ3) is 12.7. The summed E-state index contributed by atoms with van der Waals surface area (Å²) in [5.74, 6) is 0. The topological polar surface area (TPSA) is 0 Å². The van der Waals surface area contributed by atoms with Crippen LogP contribution in [0.3, 0.4) is 0 Å². The molecule has 0 heterocycles. The predicted octanol–water partition coefficient (Wildman–Crippen LogP) is 9.82. The van der Waals surface area contributed by atoms with E-state index in [9.17, 15) is 0 Å². The monoisotopic (exact) mass is 822 g/mol. The van der Waals surface area contributed by atoms with E-state index in [0.29, 0.717) is 0 Å². The quantitative estimate of drug-likeness (QED) is 0.123. The first kappa shape index (κ1) is 51.4. The van der Waals surface area contributed by atoms with Crippen LogP contribution < -0.4 is 24.8 Å². The van der Waals surface area contributed by atoms with Gasteiger partial charge in [-0.15, -0.1) is 69.1 Å². The third-order valence-electron chi connectivity index (χ3n) is 10.4. The molecule has 0 aliphatic carbocycles. The van der Waals surface area contributed by atoms with E-state index in [1.807, 2.05) is 0 Å². The molecule has 0 amide bonds. The van der Waals surface area contributed by atoms with Crippen molar-refractivity contribution in [3.8, 4) is 22.3 Å². The average Bonchev–Trinajstić information content (AvgIpc) is 3.71. The normalized spacial score (nSPS) is 11.7. The Morgan fingerprint density at radius 2 is 0.714 bits per heavy atom. The Bertz CT molecular complexity index is 1910. The SMILES string of the molecule is CCc1cc2c(-c3cc(C(C)(C)C)cc(C(C)(C)C)c3)cccc2[cH-]1.CCc1cc2c(-c3cc(C(C)(C)C)cc(C(C)(C)C)c3)cccc2[cH-]1.[CH2-]C[CH2-].[Cl-].[Cl-].[Ti+2]. The molecule has 0 aliphatic heterocycles. The minimum Gasteiger partial charge on any atom is -1.00 e. The van der Waals surface area contributed by atoms with E-state index in [4.69, 9.17) is 0 Å². The molecule has 0 saturated carbocycles. The minimum absolute atomic E-state index is 0. The van der Waals surface area contributed by atoms with Gasteiger partial charge in [0, 0.05) is 0 Å². The molecular weight excluding hydrogens is 755 g/mol. The number of fused-ring (bicyclic) bond motifs is 2. The van der Waals surface area contributed by atoms with Crippen LogP contribution in [0.5, 0.6) is 0 Å². The van der Waals surface area contributed by atoms with Crippen LogP contribution in [0.15, 0.2) is 97.1 Å². The van der Waals surface area contributed by atoms with E-state index in [2.05, 4.69) is 208 Å². The van der Waals surface area contributed by atoms with Gasteiger partial charge >= 0.3 is 21.7 Å². The summed E-state index contributed by atoms with van der Waals surface area (Å²) in [5, 5.41) is 5.47. The number of hydrogen-bond acceptors (Lipinski definition) is 0. The van der Waals surface area contributed by atoms with Gasteiger partial charge in [0.05, 0.1) is 0 Å². The van der Waals surface area contributed by atoms with Crippen molar-refractivity contribution in [3.05, 3.63) is 144 Å². The van der Waals surface area contributed by atoms with Gasteiger partial charge in [0.2, 0.25) is 0 Å². The van der Waals surface area contributed by atoms with Crippen molar-refractivity contribution in [2.45, 2.75) is 138 Å². The van der Waals surface area contributed by atoms with E-state index in [1.165, 1.54) is 77.2 Å². The van der Waals surface area contributed by atoms with Gasteiger partial charge in [0.1, 0.15) is 0 Å². The van der Waals surface area contributed by atoms with E-state index in [1.54, 1.807) is 0 Å². The molecule has 0 saturated heterocycles. The van der Waals surface area contributed by atoms with Crippen molar-refractivity contribution < 1.29 is 46.5 Å². The van der Waals surface area contributed by atoms with Crippen molar-refractivity contribution >= 4 is 21.5 Å². The zero-order valence-corrected chi connectivity index (χ0v) is 40.1. The van der Waals surface area contributed by atoms with E-state index in [-0.39, 0.29) is 68.2 Å². The van der Waals surface area contributed by atoms with Crippen LogP contribution in [0.2, 0.25) is 0 Å². The van der Waals surface area contributed by atoms with Crippen LogP contribution in [-0.2, 0) is 56.2 Å². The second-order valence-electron chi connectivity index (χ2n) is 19.0. The molecule has 0 unspecified atom stereocenters. The molecule has 0 aliphatic rings. The summed E-state index contributed by atoms with van der Waals surface area (Å²) < 4.78 is 0. The van der Waals surface area contributed by atoms with E-state index >= 15 is 0 Å². The fraction of sp³-hybridized carbons (Fsp3) is 0.396. The molecule has 0 spiro atoms. The van der Waals surface area contributed by atoms with Crippen molar-refractivity contribution in [1.82, 2.24) is 0 Å². The first-order valence-corrected chi connectivity index (χ1v) is 19.9. The van der Waals surface area contributed by atoms with Gasteiger partial charge in [-0.3, -0.25) is 0 Å². The van der Waals surface area contributed by atoms with Gasteiger partial charge in [-0.2, -0.15) is 12.1 Å². The van der Waals surface area contributed by atoms with Crippen molar-refractivity contribution in [2.24, 2.45) is 0 Å². The fourth-order valence-electron chi connectivity index (χ4n) is 6.80. The molecule has 0 aromatic heterocycles. The summed E-state index contributed by atoms with van der Waals surface area (Å²) in [6.07, 6.45) is 2.92. The Balaban J connectivity index is 0.000000498. The molecule has 0 atom stereocenters. The molecule has 6 rings (SSSR count). The largest absolute Gasteiger partial charge is 2.00 e. The molecule has 6 aromatic carbocycles. The molecule has 0 fully saturated rings. The molecule has 3 heteroatoms. The summed E-state index contributed by atoms with van der Waals surface area (Å²) in [4.78, 5) is 0. The molecule has 302 valence electrons. The molecule has 6 aromatic rings. The molecule has 56 heavy (non-hydrogen) atoms. The summed E-state index contributed by atoms with van der Waals surface area (Å²) in [5.41, 5.74) is 14.5. The Hall–Kier alpha value is -2.61. The Kier molecular flexibility index (Phi) is 18.7. The van der Waals surface area contributed by atoms with Crippen LogP contribution in [0, 0.1) is 13.8 Å². The molecule has 0 N–H and O–H groups in total. The number of halogens is 2. The Labute approximate surface area is 370 Å². The van der Waals surface area contributed by atoms with Crippen molar-refractivity contribution in [2.75, 3.05) is 0 Å². The first-order chi connectivity index (χ1) is 24.6. The molecular formula is C53H68Cl2Ti-4. The van der Waals surface area contributed by atoms with Crippen LogP contribution in [0.25, 0.3) is 43.8 Å². The average molecular weight is 824 g/mol. The predicted molar refractivity (Wildman–Crippen MR) is 239 cm³/mol. The van der Waals surface area contributed by atoms with Crippen LogP contribution in [0.1, 0.15) is 137 Å². The second kappa shape index (κ2) is 20.4. The number of aryl methyl sites for hydroxylation is 2. The van der Waals surface area contributed by atoms with Crippen LogP contribution in [0.4, 0.5) is 0 Å². The number of hydrogen-bond donors (Lipinski definition) is 0. The maximum absolute atomic E-state index is 3.38. The van der Waals surface area contributed by atoms with Gasteiger partial charge in [-0.25, -0.2) is 0 Å². The minimum atomic E-state index is 0. The smallest absolute Gasteiger partial charge is 1.00 e. The first-order valence-electron chi connectivity index (χ1n) is 19.9. The van der Waals surface area contributed by atoms with Crippen molar-refractivity contribution in [1.29, 1.82) is 0 Å². The van der Waals surface area contributed by atoms with Gasteiger partial charge in [0.25, 0.3) is 0 Å². The maximum atomic E-state index is 3.38. The van der Waals surface area contributed by atoms with Crippen LogP contribution >= 0.6 is 0 Å². The van der Waals surface area contributed by atoms with Gasteiger partial charge in [-0.05, 0) is 67.9 Å². The molecule has 0 nitrogen and oxygen atoms in total. The summed E-state index contributed by atoms with van der Waals surface area (Å²) in [6, 6.07) is 37.1. The van der Waals surface area contributed by atoms with Crippen LogP contribution in [-0.4, -0.2) is 0 Å². The molecule has 0 radical (unpaired) electrons. The molecule has 0 bridgehead atoms. The second-order valence-corrected chi connectivity index (χ2v) is 19.0.